The molecule has 1 fully saturated rings. The Labute approximate surface area is 149 Å². The van der Waals surface area contributed by atoms with Gasteiger partial charge in [0, 0.05) is 26.3 Å². The third-order valence-corrected chi connectivity index (χ3v) is 6.63. The molecule has 9 heteroatoms. The number of rotatable bonds is 3. The highest BCUT2D eigenvalue weighted by atomic mass is 32.2. The first-order valence-electron chi connectivity index (χ1n) is 8.17. The predicted octanol–water partition coefficient (Wildman–Crippen LogP) is 1.51. The molecular weight excluding hydrogens is 359 g/mol. The fourth-order valence-electron chi connectivity index (χ4n) is 3.44. The van der Waals surface area contributed by atoms with Crippen LogP contribution < -0.4 is 5.69 Å². The molecule has 1 aliphatic heterocycles. The number of halogens is 1. The highest BCUT2D eigenvalue weighted by Gasteiger charge is 2.35. The number of aromatic nitrogens is 3. The second kappa shape index (κ2) is 6.03. The number of hydrogen-bond acceptors (Lipinski definition) is 4. The van der Waals surface area contributed by atoms with Gasteiger partial charge in [-0.1, -0.05) is 6.07 Å². The Morgan fingerprint density at radius 1 is 1.23 bits per heavy atom. The van der Waals surface area contributed by atoms with Gasteiger partial charge < -0.3 is 0 Å². The van der Waals surface area contributed by atoms with E-state index < -0.39 is 15.8 Å². The smallest absolute Gasteiger partial charge is 0.293 e. The van der Waals surface area contributed by atoms with Gasteiger partial charge in [-0.25, -0.2) is 22.6 Å². The number of benzene rings is 1. The van der Waals surface area contributed by atoms with E-state index in [4.69, 9.17) is 0 Å². The zero-order valence-electron chi connectivity index (χ0n) is 14.0. The van der Waals surface area contributed by atoms with Crippen LogP contribution in [0.3, 0.4) is 0 Å². The van der Waals surface area contributed by atoms with Crippen molar-refractivity contribution >= 4 is 21.2 Å². The molecular formula is C17H17FN4O3S. The average molecular weight is 376 g/mol. The van der Waals surface area contributed by atoms with Gasteiger partial charge in [-0.05, 0) is 36.8 Å². The third kappa shape index (κ3) is 2.55. The van der Waals surface area contributed by atoms with Crippen LogP contribution in [0, 0.1) is 5.82 Å². The van der Waals surface area contributed by atoms with Crippen LogP contribution in [-0.4, -0.2) is 39.9 Å². The van der Waals surface area contributed by atoms with Crippen molar-refractivity contribution in [1.29, 1.82) is 0 Å². The van der Waals surface area contributed by atoms with Crippen LogP contribution in [0.2, 0.25) is 0 Å². The van der Waals surface area contributed by atoms with E-state index in [1.165, 1.54) is 27.1 Å². The van der Waals surface area contributed by atoms with Crippen molar-refractivity contribution < 1.29 is 12.8 Å². The monoisotopic (exact) mass is 376 g/mol. The lowest BCUT2D eigenvalue weighted by molar-refractivity contribution is 0.448. The number of hydrogen-bond donors (Lipinski definition) is 0. The first kappa shape index (κ1) is 16.9. The number of nitrogens with zero attached hydrogens (tertiary/aromatic N) is 4. The Morgan fingerprint density at radius 3 is 2.81 bits per heavy atom. The van der Waals surface area contributed by atoms with E-state index in [0.29, 0.717) is 17.6 Å². The van der Waals surface area contributed by atoms with E-state index in [0.717, 1.165) is 6.07 Å². The molecule has 1 saturated heterocycles. The average Bonchev–Trinajstić information content (AvgIpc) is 3.20. The van der Waals surface area contributed by atoms with Crippen LogP contribution in [0.4, 0.5) is 4.39 Å². The van der Waals surface area contributed by atoms with Gasteiger partial charge in [-0.3, -0.25) is 9.13 Å². The van der Waals surface area contributed by atoms with Crippen molar-refractivity contribution in [3.63, 3.8) is 0 Å². The normalized spacial score (nSPS) is 18.6. The van der Waals surface area contributed by atoms with Crippen molar-refractivity contribution in [3.05, 3.63) is 58.9 Å². The van der Waals surface area contributed by atoms with Crippen molar-refractivity contribution in [2.24, 2.45) is 7.05 Å². The van der Waals surface area contributed by atoms with Crippen LogP contribution in [0.15, 0.2) is 52.3 Å². The molecule has 3 heterocycles. The lowest BCUT2D eigenvalue weighted by Crippen LogP contribution is -2.32. The van der Waals surface area contributed by atoms with Crippen molar-refractivity contribution in [1.82, 2.24) is 18.4 Å². The van der Waals surface area contributed by atoms with Gasteiger partial charge >= 0.3 is 5.69 Å². The first-order chi connectivity index (χ1) is 12.4. The summed E-state index contributed by atoms with van der Waals surface area (Å²) < 4.78 is 43.3. The maximum atomic E-state index is 13.4. The maximum Gasteiger partial charge on any atom is 0.330 e. The Hall–Kier alpha value is -2.52. The maximum absolute atomic E-state index is 13.4. The lowest BCUT2D eigenvalue weighted by atomic mass is 10.2. The van der Waals surface area contributed by atoms with E-state index in [1.807, 2.05) is 0 Å². The fourth-order valence-corrected chi connectivity index (χ4v) is 4.96. The molecule has 136 valence electrons. The molecule has 1 aromatic carbocycles. The fraction of sp³-hybridized carbons (Fsp3) is 0.294. The van der Waals surface area contributed by atoms with Crippen molar-refractivity contribution in [2.75, 3.05) is 13.1 Å². The van der Waals surface area contributed by atoms with Gasteiger partial charge in [0.25, 0.3) is 0 Å². The highest BCUT2D eigenvalue weighted by molar-refractivity contribution is 7.89. The van der Waals surface area contributed by atoms with Crippen LogP contribution >= 0.6 is 0 Å². The summed E-state index contributed by atoms with van der Waals surface area (Å²) in [5, 5.41) is 0. The summed E-state index contributed by atoms with van der Waals surface area (Å²) in [7, 11) is -2.14. The molecule has 1 atom stereocenters. The summed E-state index contributed by atoms with van der Waals surface area (Å²) >= 11 is 0. The molecule has 0 radical (unpaired) electrons. The summed E-state index contributed by atoms with van der Waals surface area (Å²) in [6.07, 6.45) is 2.10. The molecule has 0 spiro atoms. The molecule has 0 amide bonds. The largest absolute Gasteiger partial charge is 0.330 e. The molecule has 0 aliphatic carbocycles. The minimum absolute atomic E-state index is 0.0819. The van der Waals surface area contributed by atoms with Crippen LogP contribution in [-0.2, 0) is 17.1 Å². The molecule has 0 unspecified atom stereocenters. The summed E-state index contributed by atoms with van der Waals surface area (Å²) in [6, 6.07) is 8.19. The van der Waals surface area contributed by atoms with Crippen LogP contribution in [0.5, 0.6) is 0 Å². The van der Waals surface area contributed by atoms with Gasteiger partial charge in [0.15, 0.2) is 5.65 Å². The zero-order chi connectivity index (χ0) is 18.5. The lowest BCUT2D eigenvalue weighted by Gasteiger charge is -2.17. The van der Waals surface area contributed by atoms with Gasteiger partial charge in [0.2, 0.25) is 10.0 Å². The number of sulfonamides is 1. The molecule has 4 rings (SSSR count). The standard InChI is InChI=1S/C17H17FN4O3S/c1-20-15-6-3-8-19-16(15)22(17(20)23)13-7-9-21(11-13)26(24,25)14-5-2-4-12(18)10-14/h2-6,8,10,13H,7,9,11H2,1H3/t13-/m1/s1. The predicted molar refractivity (Wildman–Crippen MR) is 93.8 cm³/mol. The Morgan fingerprint density at radius 2 is 2.04 bits per heavy atom. The van der Waals surface area contributed by atoms with Crippen LogP contribution in [0.25, 0.3) is 11.2 Å². The van der Waals surface area contributed by atoms with E-state index >= 15 is 0 Å². The number of fused-ring (bicyclic) bond motifs is 1. The topological polar surface area (TPSA) is 77.2 Å². The van der Waals surface area contributed by atoms with E-state index in [2.05, 4.69) is 4.98 Å². The van der Waals surface area contributed by atoms with E-state index in [9.17, 15) is 17.6 Å². The number of aryl methyl sites for hydroxylation is 1. The van der Waals surface area contributed by atoms with Crippen LogP contribution in [0.1, 0.15) is 12.5 Å². The zero-order valence-corrected chi connectivity index (χ0v) is 14.9. The SMILES string of the molecule is Cn1c(=O)n([C@@H]2CCN(S(=O)(=O)c3cccc(F)c3)C2)c2ncccc21. The summed E-state index contributed by atoms with van der Waals surface area (Å²) in [6.45, 7) is 0.410. The quantitative estimate of drug-likeness (QED) is 0.694. The Kier molecular flexibility index (Phi) is 3.92. The van der Waals surface area contributed by atoms with Gasteiger partial charge in [-0.2, -0.15) is 4.31 Å². The van der Waals surface area contributed by atoms with E-state index in [-0.39, 0.29) is 29.7 Å². The molecule has 7 nitrogen and oxygen atoms in total. The molecule has 3 aromatic rings. The van der Waals surface area contributed by atoms with Gasteiger partial charge in [0.1, 0.15) is 5.82 Å². The minimum Gasteiger partial charge on any atom is -0.293 e. The highest BCUT2D eigenvalue weighted by Crippen LogP contribution is 2.28. The molecule has 26 heavy (non-hydrogen) atoms. The first-order valence-corrected chi connectivity index (χ1v) is 9.61. The van der Waals surface area contributed by atoms with Crippen molar-refractivity contribution in [3.8, 4) is 0 Å². The Balaban J connectivity index is 1.70. The third-order valence-electron chi connectivity index (χ3n) is 4.77. The summed E-state index contributed by atoms with van der Waals surface area (Å²) in [4.78, 5) is 16.8. The molecule has 2 aromatic heterocycles. The second-order valence-electron chi connectivity index (χ2n) is 6.32. The minimum atomic E-state index is -3.81. The number of imidazole rings is 1. The number of pyridine rings is 1. The van der Waals surface area contributed by atoms with Crippen molar-refractivity contribution in [2.45, 2.75) is 17.4 Å². The molecule has 0 saturated carbocycles. The van der Waals surface area contributed by atoms with Gasteiger partial charge in [-0.15, -0.1) is 0 Å². The molecule has 0 N–H and O–H groups in total. The molecule has 0 bridgehead atoms. The summed E-state index contributed by atoms with van der Waals surface area (Å²) in [5.74, 6) is -0.601. The summed E-state index contributed by atoms with van der Waals surface area (Å²) in [5.41, 5.74) is 1.01. The van der Waals surface area contributed by atoms with E-state index in [1.54, 1.807) is 29.9 Å². The second-order valence-corrected chi connectivity index (χ2v) is 8.26. The van der Waals surface area contributed by atoms with Gasteiger partial charge in [0.05, 0.1) is 16.5 Å². The molecule has 1 aliphatic rings. The Bertz CT molecular complexity index is 1150.